The van der Waals surface area contributed by atoms with Gasteiger partial charge in [0.05, 0.1) is 5.69 Å². The maximum Gasteiger partial charge on any atom is 0.363 e. The van der Waals surface area contributed by atoms with Gasteiger partial charge in [-0.15, -0.1) is 0 Å². The first-order valence-corrected chi connectivity index (χ1v) is 4.94. The number of nitrogens with one attached hydrogen (secondary N) is 1. The average Bonchev–Trinajstić information content (AvgIpc) is 2.72. The Labute approximate surface area is 101 Å². The zero-order valence-electron chi connectivity index (χ0n) is 9.08. The Kier molecular flexibility index (Phi) is 2.96. The van der Waals surface area contributed by atoms with E-state index in [2.05, 4.69) is 10.2 Å². The van der Waals surface area contributed by atoms with Crippen LogP contribution in [-0.4, -0.2) is 27.2 Å². The molecule has 0 saturated carbocycles. The number of nitrogen functional groups attached to an aromatic ring is 1. The minimum Gasteiger partial charge on any atom is -0.476 e. The fraction of sp³-hybridized carbons (Fsp3) is 0. The molecule has 1 aromatic heterocycles. The van der Waals surface area contributed by atoms with E-state index >= 15 is 0 Å². The van der Waals surface area contributed by atoms with Crippen molar-refractivity contribution in [2.45, 2.75) is 0 Å². The van der Waals surface area contributed by atoms with Crippen LogP contribution in [0.3, 0.4) is 0 Å². The number of anilines is 1. The third-order valence-electron chi connectivity index (χ3n) is 2.16. The van der Waals surface area contributed by atoms with Gasteiger partial charge in [-0.1, -0.05) is 18.2 Å². The summed E-state index contributed by atoms with van der Waals surface area (Å²) in [4.78, 5) is 22.4. The third kappa shape index (κ3) is 2.14. The van der Waals surface area contributed by atoms with Crippen molar-refractivity contribution in [2.24, 2.45) is 0 Å². The Balaban J connectivity index is 2.22. The number of carbonyl (C=O) groups is 2. The molecular weight excluding hydrogens is 238 g/mol. The summed E-state index contributed by atoms with van der Waals surface area (Å²) in [6, 6.07) is 8.33. The van der Waals surface area contributed by atoms with Crippen LogP contribution in [0.25, 0.3) is 0 Å². The van der Waals surface area contributed by atoms with Crippen molar-refractivity contribution in [1.82, 2.24) is 10.2 Å². The summed E-state index contributed by atoms with van der Waals surface area (Å²) in [6.07, 6.45) is 0. The van der Waals surface area contributed by atoms with E-state index in [1.165, 1.54) is 0 Å². The van der Waals surface area contributed by atoms with Crippen molar-refractivity contribution in [2.75, 3.05) is 5.73 Å². The van der Waals surface area contributed by atoms with Crippen LogP contribution in [0.15, 0.2) is 30.3 Å². The van der Waals surface area contributed by atoms with Crippen LogP contribution in [0, 0.1) is 0 Å². The molecule has 1 aromatic carbocycles. The fourth-order valence-electron chi connectivity index (χ4n) is 1.32. The van der Waals surface area contributed by atoms with Crippen LogP contribution in [-0.2, 0) is 0 Å². The maximum atomic E-state index is 11.7. The second-order valence-electron chi connectivity index (χ2n) is 3.37. The highest BCUT2D eigenvalue weighted by molar-refractivity contribution is 6.01. The molecule has 1 heterocycles. The van der Waals surface area contributed by atoms with Crippen molar-refractivity contribution in [3.63, 3.8) is 0 Å². The second-order valence-corrected chi connectivity index (χ2v) is 3.37. The number of aromatic amines is 1. The topological polar surface area (TPSA) is 118 Å². The van der Waals surface area contributed by atoms with Crippen molar-refractivity contribution in [3.8, 4) is 5.75 Å². The molecule has 0 radical (unpaired) electrons. The number of nitrogens with zero attached hydrogens (tertiary/aromatic N) is 1. The number of rotatable bonds is 3. The van der Waals surface area contributed by atoms with E-state index < -0.39 is 17.6 Å². The Hall–Kier alpha value is -2.83. The average molecular weight is 247 g/mol. The number of aromatic nitrogens is 2. The van der Waals surface area contributed by atoms with Crippen LogP contribution in [0.5, 0.6) is 5.75 Å². The molecule has 18 heavy (non-hydrogen) atoms. The van der Waals surface area contributed by atoms with E-state index in [-0.39, 0.29) is 11.4 Å². The minimum absolute atomic E-state index is 0.184. The summed E-state index contributed by atoms with van der Waals surface area (Å²) in [6.45, 7) is 0. The normalized spacial score (nSPS) is 10.0. The van der Waals surface area contributed by atoms with Gasteiger partial charge in [-0.3, -0.25) is 5.10 Å². The molecule has 0 fully saturated rings. The zero-order valence-corrected chi connectivity index (χ0v) is 9.08. The first-order valence-electron chi connectivity index (χ1n) is 4.94. The molecule has 0 aliphatic rings. The van der Waals surface area contributed by atoms with E-state index in [1.54, 1.807) is 30.3 Å². The monoisotopic (exact) mass is 247 g/mol. The largest absolute Gasteiger partial charge is 0.476 e. The molecular formula is C11H9N3O4. The zero-order chi connectivity index (χ0) is 13.1. The Morgan fingerprint density at radius 2 is 1.94 bits per heavy atom. The van der Waals surface area contributed by atoms with Gasteiger partial charge in [-0.05, 0) is 12.1 Å². The molecule has 0 saturated heterocycles. The smallest absolute Gasteiger partial charge is 0.363 e. The number of para-hydroxylation sites is 1. The number of aromatic carboxylic acids is 1. The predicted octanol–water partition coefficient (Wildman–Crippen LogP) is 0.909. The lowest BCUT2D eigenvalue weighted by Gasteiger charge is -2.02. The molecule has 0 unspecified atom stereocenters. The SMILES string of the molecule is Nc1c(C(=O)O)n[nH]c1C(=O)Oc1ccccc1. The van der Waals surface area contributed by atoms with E-state index in [4.69, 9.17) is 15.6 Å². The highest BCUT2D eigenvalue weighted by Crippen LogP contribution is 2.17. The summed E-state index contributed by atoms with van der Waals surface area (Å²) >= 11 is 0. The summed E-state index contributed by atoms with van der Waals surface area (Å²) in [5.74, 6) is -1.78. The van der Waals surface area contributed by atoms with Crippen molar-refractivity contribution < 1.29 is 19.4 Å². The molecule has 0 spiro atoms. The molecule has 0 aliphatic carbocycles. The second kappa shape index (κ2) is 4.58. The van der Waals surface area contributed by atoms with Gasteiger partial charge in [-0.25, -0.2) is 9.59 Å². The summed E-state index contributed by atoms with van der Waals surface area (Å²) < 4.78 is 4.99. The first-order chi connectivity index (χ1) is 8.59. The lowest BCUT2D eigenvalue weighted by Crippen LogP contribution is -2.11. The van der Waals surface area contributed by atoms with Gasteiger partial charge in [0.25, 0.3) is 0 Å². The molecule has 2 aromatic rings. The van der Waals surface area contributed by atoms with Crippen molar-refractivity contribution in [3.05, 3.63) is 41.7 Å². The lowest BCUT2D eigenvalue weighted by molar-refractivity contribution is 0.0690. The van der Waals surface area contributed by atoms with E-state index in [0.29, 0.717) is 5.75 Å². The van der Waals surface area contributed by atoms with Gasteiger partial charge in [0.15, 0.2) is 11.4 Å². The number of hydrogen-bond acceptors (Lipinski definition) is 5. The summed E-state index contributed by atoms with van der Waals surface area (Å²) in [5.41, 5.74) is 4.65. The summed E-state index contributed by atoms with van der Waals surface area (Å²) in [7, 11) is 0. The Morgan fingerprint density at radius 3 is 2.50 bits per heavy atom. The molecule has 92 valence electrons. The molecule has 2 rings (SSSR count). The van der Waals surface area contributed by atoms with Gasteiger partial charge < -0.3 is 15.6 Å². The molecule has 7 nitrogen and oxygen atoms in total. The fourth-order valence-corrected chi connectivity index (χ4v) is 1.32. The first kappa shape index (κ1) is 11.6. The van der Waals surface area contributed by atoms with Crippen LogP contribution in [0.1, 0.15) is 21.0 Å². The van der Waals surface area contributed by atoms with Crippen LogP contribution in [0.4, 0.5) is 5.69 Å². The number of hydrogen-bond donors (Lipinski definition) is 3. The number of carbonyl (C=O) groups excluding carboxylic acids is 1. The number of ether oxygens (including phenoxy) is 1. The van der Waals surface area contributed by atoms with Gasteiger partial charge in [-0.2, -0.15) is 5.10 Å². The number of nitrogens with two attached hydrogens (primary N) is 1. The van der Waals surface area contributed by atoms with E-state index in [9.17, 15) is 9.59 Å². The van der Waals surface area contributed by atoms with Crippen LogP contribution >= 0.6 is 0 Å². The van der Waals surface area contributed by atoms with E-state index in [0.717, 1.165) is 0 Å². The Bertz CT molecular complexity index is 592. The van der Waals surface area contributed by atoms with Gasteiger partial charge in [0.2, 0.25) is 0 Å². The number of benzene rings is 1. The number of esters is 1. The van der Waals surface area contributed by atoms with Crippen LogP contribution < -0.4 is 10.5 Å². The summed E-state index contributed by atoms with van der Waals surface area (Å²) in [5, 5.41) is 14.4. The molecule has 0 bridgehead atoms. The van der Waals surface area contributed by atoms with Gasteiger partial charge in [0, 0.05) is 0 Å². The van der Waals surface area contributed by atoms with Crippen LogP contribution in [0.2, 0.25) is 0 Å². The highest BCUT2D eigenvalue weighted by atomic mass is 16.5. The molecule has 0 atom stereocenters. The number of H-pyrrole nitrogens is 1. The third-order valence-corrected chi connectivity index (χ3v) is 2.16. The lowest BCUT2D eigenvalue weighted by atomic mass is 10.3. The minimum atomic E-state index is -1.32. The number of carboxylic acid groups (broad SMARTS) is 1. The van der Waals surface area contributed by atoms with Crippen molar-refractivity contribution >= 4 is 17.6 Å². The predicted molar refractivity (Wildman–Crippen MR) is 61.4 cm³/mol. The van der Waals surface area contributed by atoms with Gasteiger partial charge >= 0.3 is 11.9 Å². The maximum absolute atomic E-state index is 11.7. The molecule has 4 N–H and O–H groups in total. The van der Waals surface area contributed by atoms with Crippen molar-refractivity contribution in [1.29, 1.82) is 0 Å². The quantitative estimate of drug-likeness (QED) is 0.548. The highest BCUT2D eigenvalue weighted by Gasteiger charge is 2.22. The molecule has 0 amide bonds. The van der Waals surface area contributed by atoms with E-state index in [1.807, 2.05) is 0 Å². The standard InChI is InChI=1S/C11H9N3O4/c12-7-8(10(15)16)13-14-9(7)11(17)18-6-4-2-1-3-5-6/h1-5H,12H2,(H,13,14)(H,15,16). The van der Waals surface area contributed by atoms with Gasteiger partial charge in [0.1, 0.15) is 5.75 Å². The molecule has 7 heteroatoms. The Morgan fingerprint density at radius 1 is 1.28 bits per heavy atom. The molecule has 0 aliphatic heterocycles. The number of carboxylic acids is 1.